The van der Waals surface area contributed by atoms with Crippen LogP contribution in [0.15, 0.2) is 24.3 Å². The van der Waals surface area contributed by atoms with Gasteiger partial charge in [0, 0.05) is 11.3 Å². The van der Waals surface area contributed by atoms with Crippen molar-refractivity contribution in [1.82, 2.24) is 4.98 Å². The molecule has 78 valence electrons. The minimum Gasteiger partial charge on any atom is -0.383 e. The summed E-state index contributed by atoms with van der Waals surface area (Å²) in [7, 11) is 0. The topological polar surface area (TPSA) is 38.9 Å². The van der Waals surface area contributed by atoms with Gasteiger partial charge in [0.1, 0.15) is 10.8 Å². The molecular weight excluding hydrogens is 248 g/mol. The minimum absolute atomic E-state index is 0.546. The quantitative estimate of drug-likeness (QED) is 0.808. The fourth-order valence-corrected chi connectivity index (χ4v) is 2.74. The molecule has 0 saturated heterocycles. The van der Waals surface area contributed by atoms with Gasteiger partial charge in [0.05, 0.1) is 9.90 Å². The van der Waals surface area contributed by atoms with Crippen molar-refractivity contribution in [3.8, 4) is 10.6 Å². The first kappa shape index (κ1) is 10.8. The number of aromatic nitrogens is 1. The molecule has 0 aliphatic carbocycles. The third-order valence-corrected chi connectivity index (χ3v) is 3.94. The van der Waals surface area contributed by atoms with Crippen LogP contribution < -0.4 is 5.73 Å². The van der Waals surface area contributed by atoms with Gasteiger partial charge in [-0.05, 0) is 6.07 Å². The smallest absolute Gasteiger partial charge is 0.139 e. The van der Waals surface area contributed by atoms with E-state index in [1.807, 2.05) is 24.3 Å². The molecule has 0 fully saturated rings. The Balaban J connectivity index is 2.50. The van der Waals surface area contributed by atoms with Crippen LogP contribution in [0.5, 0.6) is 0 Å². The fraction of sp³-hybridized carbons (Fsp3) is 0.100. The van der Waals surface area contributed by atoms with Crippen molar-refractivity contribution in [3.63, 3.8) is 0 Å². The number of benzene rings is 1. The highest BCUT2D eigenvalue weighted by molar-refractivity contribution is 7.79. The number of halogens is 1. The van der Waals surface area contributed by atoms with Crippen LogP contribution >= 0.6 is 35.6 Å². The molecule has 2 rings (SSSR count). The van der Waals surface area contributed by atoms with Gasteiger partial charge in [-0.3, -0.25) is 0 Å². The van der Waals surface area contributed by atoms with E-state index in [0.717, 1.165) is 15.4 Å². The predicted octanol–water partition coefficient (Wildman–Crippen LogP) is 3.48. The lowest BCUT2D eigenvalue weighted by atomic mass is 10.2. The summed E-state index contributed by atoms with van der Waals surface area (Å²) in [5, 5.41) is 1.54. The first-order chi connectivity index (χ1) is 7.22. The molecule has 0 radical (unpaired) electrons. The standard InChI is InChI=1S/C10H9ClN2S2/c11-7-4-2-1-3-6(7)10-13-9(12)8(5-14)15-10/h1-4,14H,5,12H2. The lowest BCUT2D eigenvalue weighted by Gasteiger charge is -1.97. The van der Waals surface area contributed by atoms with E-state index in [-0.39, 0.29) is 0 Å². The number of rotatable bonds is 2. The molecule has 1 heterocycles. The van der Waals surface area contributed by atoms with Gasteiger partial charge in [-0.15, -0.1) is 11.3 Å². The molecule has 0 spiro atoms. The van der Waals surface area contributed by atoms with Crippen molar-refractivity contribution in [3.05, 3.63) is 34.2 Å². The SMILES string of the molecule is Nc1nc(-c2ccccc2Cl)sc1CS. The van der Waals surface area contributed by atoms with Crippen LogP contribution in [0.3, 0.4) is 0 Å². The molecule has 0 aliphatic rings. The van der Waals surface area contributed by atoms with E-state index in [9.17, 15) is 0 Å². The van der Waals surface area contributed by atoms with E-state index in [0.29, 0.717) is 16.6 Å². The Kier molecular flexibility index (Phi) is 3.19. The van der Waals surface area contributed by atoms with E-state index in [1.165, 1.54) is 11.3 Å². The zero-order valence-corrected chi connectivity index (χ0v) is 10.2. The summed E-state index contributed by atoms with van der Waals surface area (Å²) in [4.78, 5) is 5.26. The van der Waals surface area contributed by atoms with Crippen molar-refractivity contribution in [2.75, 3.05) is 5.73 Å². The molecule has 0 atom stereocenters. The van der Waals surface area contributed by atoms with Gasteiger partial charge in [0.15, 0.2) is 0 Å². The van der Waals surface area contributed by atoms with E-state index in [2.05, 4.69) is 17.6 Å². The lowest BCUT2D eigenvalue weighted by Crippen LogP contribution is -1.87. The molecule has 2 nitrogen and oxygen atoms in total. The van der Waals surface area contributed by atoms with E-state index >= 15 is 0 Å². The summed E-state index contributed by atoms with van der Waals surface area (Å²) in [5.41, 5.74) is 6.67. The molecule has 0 bridgehead atoms. The molecule has 5 heteroatoms. The highest BCUT2D eigenvalue weighted by Gasteiger charge is 2.10. The third-order valence-electron chi connectivity index (χ3n) is 1.98. The number of anilines is 1. The van der Waals surface area contributed by atoms with Crippen LogP contribution in [0.2, 0.25) is 5.02 Å². The van der Waals surface area contributed by atoms with Crippen molar-refractivity contribution in [2.45, 2.75) is 5.75 Å². The number of thiol groups is 1. The highest BCUT2D eigenvalue weighted by Crippen LogP contribution is 2.34. The average molecular weight is 257 g/mol. The average Bonchev–Trinajstić information content (AvgIpc) is 2.60. The number of nitrogens with zero attached hydrogens (tertiary/aromatic N) is 1. The summed E-state index contributed by atoms with van der Waals surface area (Å²) in [5.74, 6) is 1.15. The summed E-state index contributed by atoms with van der Waals surface area (Å²) in [6.07, 6.45) is 0. The second kappa shape index (κ2) is 4.43. The molecular formula is C10H9ClN2S2. The maximum atomic E-state index is 6.07. The summed E-state index contributed by atoms with van der Waals surface area (Å²) < 4.78 is 0. The summed E-state index contributed by atoms with van der Waals surface area (Å²) in [6, 6.07) is 7.60. The van der Waals surface area contributed by atoms with Crippen LogP contribution in [0.4, 0.5) is 5.82 Å². The molecule has 2 aromatic rings. The summed E-state index contributed by atoms with van der Waals surface area (Å²) in [6.45, 7) is 0. The molecule has 15 heavy (non-hydrogen) atoms. The van der Waals surface area contributed by atoms with Gasteiger partial charge >= 0.3 is 0 Å². The molecule has 1 aromatic carbocycles. The second-order valence-corrected chi connectivity index (χ2v) is 4.77. The van der Waals surface area contributed by atoms with Gasteiger partial charge in [-0.1, -0.05) is 29.8 Å². The van der Waals surface area contributed by atoms with Gasteiger partial charge in [-0.25, -0.2) is 4.98 Å². The third kappa shape index (κ3) is 2.12. The molecule has 0 saturated carbocycles. The number of nitrogen functional groups attached to an aromatic ring is 1. The molecule has 0 aliphatic heterocycles. The normalized spacial score (nSPS) is 10.5. The number of nitrogens with two attached hydrogens (primary N) is 1. The Bertz CT molecular complexity index is 482. The van der Waals surface area contributed by atoms with Crippen molar-refractivity contribution in [1.29, 1.82) is 0 Å². The van der Waals surface area contributed by atoms with Crippen LogP contribution in [0.25, 0.3) is 10.6 Å². The maximum Gasteiger partial charge on any atom is 0.139 e. The minimum atomic E-state index is 0.546. The highest BCUT2D eigenvalue weighted by atomic mass is 35.5. The lowest BCUT2D eigenvalue weighted by molar-refractivity contribution is 1.37. The van der Waals surface area contributed by atoms with Crippen molar-refractivity contribution in [2.24, 2.45) is 0 Å². The van der Waals surface area contributed by atoms with E-state index < -0.39 is 0 Å². The Morgan fingerprint density at radius 1 is 1.40 bits per heavy atom. The van der Waals surface area contributed by atoms with Crippen molar-refractivity contribution >= 4 is 41.4 Å². The Hall–Kier alpha value is -0.710. The van der Waals surface area contributed by atoms with Crippen LogP contribution in [0.1, 0.15) is 4.88 Å². The predicted molar refractivity (Wildman–Crippen MR) is 69.7 cm³/mol. The van der Waals surface area contributed by atoms with Crippen LogP contribution in [-0.2, 0) is 5.75 Å². The zero-order chi connectivity index (χ0) is 10.8. The number of hydrogen-bond acceptors (Lipinski definition) is 4. The Morgan fingerprint density at radius 3 is 2.73 bits per heavy atom. The summed E-state index contributed by atoms with van der Waals surface area (Å²) >= 11 is 11.8. The monoisotopic (exact) mass is 256 g/mol. The number of thiazole rings is 1. The van der Waals surface area contributed by atoms with Gasteiger partial charge < -0.3 is 5.73 Å². The Morgan fingerprint density at radius 2 is 2.13 bits per heavy atom. The first-order valence-corrected chi connectivity index (χ1v) is 6.16. The van der Waals surface area contributed by atoms with Crippen LogP contribution in [-0.4, -0.2) is 4.98 Å². The zero-order valence-electron chi connectivity index (χ0n) is 7.77. The molecule has 1 aromatic heterocycles. The maximum absolute atomic E-state index is 6.07. The van der Waals surface area contributed by atoms with Crippen LogP contribution in [0, 0.1) is 0 Å². The molecule has 2 N–H and O–H groups in total. The van der Waals surface area contributed by atoms with Gasteiger partial charge in [0.25, 0.3) is 0 Å². The van der Waals surface area contributed by atoms with Gasteiger partial charge in [-0.2, -0.15) is 12.6 Å². The van der Waals surface area contributed by atoms with Gasteiger partial charge in [0.2, 0.25) is 0 Å². The van der Waals surface area contributed by atoms with E-state index in [1.54, 1.807) is 0 Å². The second-order valence-electron chi connectivity index (χ2n) is 2.97. The Labute approximate surface area is 103 Å². The first-order valence-electron chi connectivity index (χ1n) is 4.33. The molecule has 0 amide bonds. The molecule has 0 unspecified atom stereocenters. The number of hydrogen-bond donors (Lipinski definition) is 2. The van der Waals surface area contributed by atoms with Crippen molar-refractivity contribution < 1.29 is 0 Å². The largest absolute Gasteiger partial charge is 0.383 e. The van der Waals surface area contributed by atoms with E-state index in [4.69, 9.17) is 17.3 Å². The fourth-order valence-electron chi connectivity index (χ4n) is 1.23.